The second-order valence-electron chi connectivity index (χ2n) is 32.5. The summed E-state index contributed by atoms with van der Waals surface area (Å²) in [6, 6.07) is 32.6. The van der Waals surface area contributed by atoms with E-state index in [9.17, 15) is 24.7 Å². The van der Waals surface area contributed by atoms with Gasteiger partial charge in [0, 0.05) is 77.9 Å². The van der Waals surface area contributed by atoms with Gasteiger partial charge < -0.3 is 18.9 Å². The minimum Gasteiger partial charge on any atom is -0.310 e. The normalized spacial score (nSPS) is 16.3. The molecule has 0 saturated heterocycles. The van der Waals surface area contributed by atoms with Gasteiger partial charge in [-0.1, -0.05) is 322 Å². The van der Waals surface area contributed by atoms with E-state index in [0.29, 0.717) is 78.3 Å². The van der Waals surface area contributed by atoms with E-state index in [2.05, 4.69) is 132 Å². The van der Waals surface area contributed by atoms with Crippen molar-refractivity contribution < 1.29 is 30.2 Å². The molecule has 0 aliphatic carbocycles. The third-order valence-corrected chi connectivity index (χ3v) is 20.7. The third kappa shape index (κ3) is 10.9. The van der Waals surface area contributed by atoms with Gasteiger partial charge in [0.2, 0.25) is 0 Å². The summed E-state index contributed by atoms with van der Waals surface area (Å²) in [4.78, 5) is 3.79. The molecule has 0 amide bonds. The van der Waals surface area contributed by atoms with Gasteiger partial charge in [0.15, 0.2) is 0 Å². The number of anilines is 6. The lowest BCUT2D eigenvalue weighted by molar-refractivity contribution is 0.590. The quantitative estimate of drug-likeness (QED) is 0.141. The molecule has 13 aromatic carbocycles. The summed E-state index contributed by atoms with van der Waals surface area (Å²) < 4.78 is 223. The standard InChI is InChI=1S/C98H91BN4/c1-94(2,3)66-46-38-62(39-47-66)73-30-24-31-74(63-40-48-67(49-41-63)95(4,5)6)92(73)102-87-60-71(100-83-34-20-16-26-77(83)78-27-17-21-35-84(78)100)54-56-81(87)99-82-57-55-72(101-85-36-22-18-28-79(85)80-29-19-23-37-86(80)101)61-88(82)103(90-59-70(98(13,14)15)58-89(102)91(90)99)93-75(64-42-50-68(51-43-64)96(7,8)9)32-25-33-76(93)65-44-52-69(53-45-65)97(10,11)12/h16-61H,1-15H3/i16D,17D,18D,19D,20D,21D,22D,23D,26D,27D,28D,29D,34D,35D,36D,37D,54D,55D,56D,57D,60D,61D. The molecule has 5 heteroatoms. The van der Waals surface area contributed by atoms with Crippen molar-refractivity contribution >= 4 is 101 Å². The summed E-state index contributed by atoms with van der Waals surface area (Å²) in [5.74, 6) is 0. The van der Waals surface area contributed by atoms with Gasteiger partial charge in [0.05, 0.1) is 63.6 Å². The zero-order chi connectivity index (χ0) is 90.5. The fraction of sp³-hybridized carbons (Fsp3) is 0.204. The molecule has 4 nitrogen and oxygen atoms in total. The van der Waals surface area contributed by atoms with Crippen molar-refractivity contribution in [3.05, 3.63) is 306 Å². The second kappa shape index (κ2) is 23.9. The average Bonchev–Trinajstić information content (AvgIpc) is 1.41. The Morgan fingerprint density at radius 3 is 0.806 bits per heavy atom. The number of hydrogen-bond donors (Lipinski definition) is 0. The second-order valence-corrected chi connectivity index (χ2v) is 32.5. The summed E-state index contributed by atoms with van der Waals surface area (Å²) >= 11 is 0. The summed E-state index contributed by atoms with van der Waals surface area (Å²) in [5, 5.41) is -1.39. The predicted molar refractivity (Wildman–Crippen MR) is 444 cm³/mol. The molecule has 2 aliphatic heterocycles. The molecule has 0 fully saturated rings. The molecule has 2 aromatic heterocycles. The van der Waals surface area contributed by atoms with E-state index in [0.717, 1.165) is 31.4 Å². The Kier molecular flexibility index (Phi) is 10.5. The minimum atomic E-state index is -1.64. The maximum Gasteiger partial charge on any atom is 0.252 e. The molecule has 0 spiro atoms. The SMILES string of the molecule is [2H]c1c([2H])c(-n2c3c([2H])c([2H])c([2H])c([2H])c3c3c([2H])c([2H])c([2H])c([2H])c32)c([2H])c2c1B1c3c(cc(C(C)(C)C)cc3N(c3c(-c4ccc(C(C)(C)C)cc4)cccc3-c3ccc(C(C)(C)C)cc3)c3c([2H])c(-n4c5c([2H])c([2H])c([2H])c([2H])c5c5c([2H])c([2H])c([2H])c([2H])c54)c([2H])c([2H])c31)N2c1c(-c2ccc(C(C)(C)C)cc2)cccc1-c1ccc(C(C)(C)C)cc1. The van der Waals surface area contributed by atoms with E-state index in [1.54, 1.807) is 0 Å². The number of para-hydroxylation sites is 6. The number of fused-ring (bicyclic) bond motifs is 10. The highest BCUT2D eigenvalue weighted by molar-refractivity contribution is 7.00. The van der Waals surface area contributed by atoms with E-state index in [1.165, 1.54) is 0 Å². The molecular formula is C98H91BN4. The van der Waals surface area contributed by atoms with Gasteiger partial charge in [-0.25, -0.2) is 0 Å². The highest BCUT2D eigenvalue weighted by atomic mass is 15.2. The Morgan fingerprint density at radius 2 is 0.544 bits per heavy atom. The van der Waals surface area contributed by atoms with Crippen molar-refractivity contribution in [2.45, 2.75) is 131 Å². The molecule has 0 saturated carbocycles. The van der Waals surface area contributed by atoms with Gasteiger partial charge in [-0.15, -0.1) is 0 Å². The van der Waals surface area contributed by atoms with Crippen LogP contribution < -0.4 is 26.2 Å². The Labute approximate surface area is 640 Å². The Hall–Kier alpha value is -10.9. The van der Waals surface area contributed by atoms with Crippen LogP contribution in [0, 0.1) is 0 Å². The lowest BCUT2D eigenvalue weighted by Gasteiger charge is -2.46. The van der Waals surface area contributed by atoms with Gasteiger partial charge in [0.1, 0.15) is 0 Å². The molecule has 4 heterocycles. The molecule has 0 radical (unpaired) electrons. The highest BCUT2D eigenvalue weighted by Crippen LogP contribution is 2.55. The first-order chi connectivity index (χ1) is 58.4. The molecule has 0 unspecified atom stereocenters. The van der Waals surface area contributed by atoms with Crippen LogP contribution in [-0.4, -0.2) is 15.8 Å². The minimum absolute atomic E-state index is 0.150. The number of benzene rings is 13. The van der Waals surface area contributed by atoms with Crippen LogP contribution in [-0.2, 0) is 27.1 Å². The monoisotopic (exact) mass is 1360 g/mol. The van der Waals surface area contributed by atoms with Crippen LogP contribution in [0.2, 0.25) is 0 Å². The first-order valence-corrected chi connectivity index (χ1v) is 35.2. The van der Waals surface area contributed by atoms with E-state index < -0.39 is 179 Å². The van der Waals surface area contributed by atoms with Crippen molar-refractivity contribution in [2.75, 3.05) is 9.80 Å². The lowest BCUT2D eigenvalue weighted by Crippen LogP contribution is -2.61. The van der Waals surface area contributed by atoms with Crippen molar-refractivity contribution in [3.8, 4) is 55.9 Å². The van der Waals surface area contributed by atoms with Crippen LogP contribution in [0.1, 0.15) is 162 Å². The van der Waals surface area contributed by atoms with Crippen molar-refractivity contribution in [2.24, 2.45) is 0 Å². The summed E-state index contributed by atoms with van der Waals surface area (Å²) in [5.41, 5.74) is 5.92. The van der Waals surface area contributed by atoms with Crippen LogP contribution in [0.15, 0.2) is 279 Å². The van der Waals surface area contributed by atoms with Crippen LogP contribution in [0.5, 0.6) is 0 Å². The molecule has 103 heavy (non-hydrogen) atoms. The predicted octanol–water partition coefficient (Wildman–Crippen LogP) is 25.1. The van der Waals surface area contributed by atoms with Gasteiger partial charge in [-0.2, -0.15) is 0 Å². The molecule has 0 bridgehead atoms. The largest absolute Gasteiger partial charge is 0.310 e. The molecule has 506 valence electrons. The highest BCUT2D eigenvalue weighted by Gasteiger charge is 2.46. The van der Waals surface area contributed by atoms with Gasteiger partial charge >= 0.3 is 0 Å². The number of nitrogens with zero attached hydrogens (tertiary/aromatic N) is 4. The molecule has 0 N–H and O–H groups in total. The van der Waals surface area contributed by atoms with E-state index >= 15 is 0 Å². The zero-order valence-corrected chi connectivity index (χ0v) is 60.7. The molecular weight excluding hydrogens is 1240 g/mol. The smallest absolute Gasteiger partial charge is 0.252 e. The van der Waals surface area contributed by atoms with E-state index in [4.69, 9.17) is 5.48 Å². The first-order valence-electron chi connectivity index (χ1n) is 46.2. The van der Waals surface area contributed by atoms with E-state index in [1.807, 2.05) is 128 Å². The zero-order valence-electron chi connectivity index (χ0n) is 82.7. The molecule has 2 aliphatic rings. The molecule has 17 rings (SSSR count). The van der Waals surface area contributed by atoms with Crippen LogP contribution in [0.3, 0.4) is 0 Å². The first kappa shape index (κ1) is 45.2. The fourth-order valence-electron chi connectivity index (χ4n) is 15.0. The van der Waals surface area contributed by atoms with Crippen molar-refractivity contribution in [3.63, 3.8) is 0 Å². The summed E-state index contributed by atoms with van der Waals surface area (Å²) in [6.45, 7) is 29.8. The number of hydrogen-bond acceptors (Lipinski definition) is 2. The maximum atomic E-state index is 11.8. The fourth-order valence-corrected chi connectivity index (χ4v) is 15.0. The average molecular weight is 1360 g/mol. The van der Waals surface area contributed by atoms with Crippen molar-refractivity contribution in [1.82, 2.24) is 9.13 Å². The summed E-state index contributed by atoms with van der Waals surface area (Å²) in [7, 11) is 0. The molecule has 0 atom stereocenters. The third-order valence-electron chi connectivity index (χ3n) is 20.7. The number of rotatable bonds is 8. The van der Waals surface area contributed by atoms with Crippen LogP contribution >= 0.6 is 0 Å². The van der Waals surface area contributed by atoms with Crippen LogP contribution in [0.4, 0.5) is 34.1 Å². The van der Waals surface area contributed by atoms with Crippen molar-refractivity contribution in [1.29, 1.82) is 0 Å². The number of aromatic nitrogens is 2. The van der Waals surface area contributed by atoms with Gasteiger partial charge in [0.25, 0.3) is 6.71 Å². The Morgan fingerprint density at radius 1 is 0.282 bits per heavy atom. The van der Waals surface area contributed by atoms with E-state index in [-0.39, 0.29) is 65.5 Å². The maximum absolute atomic E-state index is 11.8. The molecule has 15 aromatic rings. The Balaban J connectivity index is 1.15. The Bertz CT molecular complexity index is 6520. The van der Waals surface area contributed by atoms with Crippen LogP contribution in [0.25, 0.3) is 99.5 Å². The topological polar surface area (TPSA) is 16.3 Å². The summed E-state index contributed by atoms with van der Waals surface area (Å²) in [6.07, 6.45) is 0. The van der Waals surface area contributed by atoms with Gasteiger partial charge in [-0.3, -0.25) is 0 Å². The lowest BCUT2D eigenvalue weighted by atomic mass is 9.33. The van der Waals surface area contributed by atoms with Gasteiger partial charge in [-0.05, 0) is 154 Å².